The number of ether oxygens (including phenoxy) is 1. The summed E-state index contributed by atoms with van der Waals surface area (Å²) in [5.41, 5.74) is 2.48. The van der Waals surface area contributed by atoms with E-state index in [2.05, 4.69) is 30.4 Å². The standard InChI is InChI=1S/C17H24N2O2/c1-12-5-3-6-14-15(7-4-10-21-17(12)14)18-13-8-9-16(20)19(2)11-13/h3,5-6,13,15,18H,4,7-11H2,1-2H3. The number of fused-ring (bicyclic) bond motifs is 1. The number of amides is 1. The van der Waals surface area contributed by atoms with Gasteiger partial charge in [0.25, 0.3) is 0 Å². The van der Waals surface area contributed by atoms with Crippen LogP contribution in [0.1, 0.15) is 42.9 Å². The molecule has 1 saturated heterocycles. The number of carbonyl (C=O) groups excluding carboxylic acids is 1. The first kappa shape index (κ1) is 14.4. The monoisotopic (exact) mass is 288 g/mol. The first-order chi connectivity index (χ1) is 10.1. The molecule has 1 amide bonds. The van der Waals surface area contributed by atoms with E-state index in [4.69, 9.17) is 4.74 Å². The van der Waals surface area contributed by atoms with Crippen molar-refractivity contribution in [1.29, 1.82) is 0 Å². The van der Waals surface area contributed by atoms with Crippen molar-refractivity contribution in [2.75, 3.05) is 20.2 Å². The van der Waals surface area contributed by atoms with Crippen LogP contribution in [0.15, 0.2) is 18.2 Å². The molecule has 2 atom stereocenters. The molecule has 2 unspecified atom stereocenters. The number of nitrogens with one attached hydrogen (secondary N) is 1. The van der Waals surface area contributed by atoms with Gasteiger partial charge in [-0.05, 0) is 31.7 Å². The summed E-state index contributed by atoms with van der Waals surface area (Å²) in [7, 11) is 1.89. The molecule has 1 aromatic carbocycles. The summed E-state index contributed by atoms with van der Waals surface area (Å²) in [6.45, 7) is 3.70. The largest absolute Gasteiger partial charge is 0.493 e. The average Bonchev–Trinajstić information content (AvgIpc) is 2.67. The Bertz CT molecular complexity index is 530. The van der Waals surface area contributed by atoms with Crippen LogP contribution in [-0.2, 0) is 4.79 Å². The summed E-state index contributed by atoms with van der Waals surface area (Å²) in [5, 5.41) is 3.76. The lowest BCUT2D eigenvalue weighted by molar-refractivity contribution is -0.132. The summed E-state index contributed by atoms with van der Waals surface area (Å²) >= 11 is 0. The minimum atomic E-state index is 0.258. The van der Waals surface area contributed by atoms with Gasteiger partial charge in [-0.15, -0.1) is 0 Å². The molecule has 4 heteroatoms. The molecule has 4 nitrogen and oxygen atoms in total. The molecule has 2 aliphatic rings. The minimum Gasteiger partial charge on any atom is -0.493 e. The van der Waals surface area contributed by atoms with Crippen molar-refractivity contribution >= 4 is 5.91 Å². The highest BCUT2D eigenvalue weighted by Crippen LogP contribution is 2.34. The zero-order valence-electron chi connectivity index (χ0n) is 12.9. The van der Waals surface area contributed by atoms with Gasteiger partial charge in [0.15, 0.2) is 0 Å². The van der Waals surface area contributed by atoms with Crippen molar-refractivity contribution in [3.63, 3.8) is 0 Å². The van der Waals surface area contributed by atoms with Gasteiger partial charge in [-0.25, -0.2) is 0 Å². The Morgan fingerprint density at radius 3 is 3.00 bits per heavy atom. The number of likely N-dealkylation sites (N-methyl/N-ethyl adjacent to an activating group) is 1. The van der Waals surface area contributed by atoms with Crippen molar-refractivity contribution in [3.8, 4) is 5.75 Å². The highest BCUT2D eigenvalue weighted by atomic mass is 16.5. The SMILES string of the molecule is Cc1cccc2c1OCCCC2NC1CCC(=O)N(C)C1. The molecule has 1 fully saturated rings. The van der Waals surface area contributed by atoms with Crippen molar-refractivity contribution < 1.29 is 9.53 Å². The van der Waals surface area contributed by atoms with Gasteiger partial charge in [0, 0.05) is 37.7 Å². The summed E-state index contributed by atoms with van der Waals surface area (Å²) < 4.78 is 5.93. The molecule has 1 N–H and O–H groups in total. The molecule has 0 radical (unpaired) electrons. The fourth-order valence-electron chi connectivity index (χ4n) is 3.37. The van der Waals surface area contributed by atoms with Crippen LogP contribution in [0.5, 0.6) is 5.75 Å². The second-order valence-electron chi connectivity index (χ2n) is 6.21. The quantitative estimate of drug-likeness (QED) is 0.908. The molecule has 0 bridgehead atoms. The number of aryl methyl sites for hydroxylation is 1. The number of carbonyl (C=O) groups is 1. The third-order valence-corrected chi connectivity index (χ3v) is 4.56. The lowest BCUT2D eigenvalue weighted by Gasteiger charge is -2.33. The fourth-order valence-corrected chi connectivity index (χ4v) is 3.37. The Labute approximate surface area is 126 Å². The Morgan fingerprint density at radius 2 is 2.19 bits per heavy atom. The van der Waals surface area contributed by atoms with E-state index in [0.29, 0.717) is 18.5 Å². The van der Waals surface area contributed by atoms with Crippen LogP contribution >= 0.6 is 0 Å². The second kappa shape index (κ2) is 6.06. The molecule has 21 heavy (non-hydrogen) atoms. The van der Waals surface area contributed by atoms with E-state index in [1.807, 2.05) is 11.9 Å². The van der Waals surface area contributed by atoms with E-state index in [-0.39, 0.29) is 5.91 Å². The van der Waals surface area contributed by atoms with Crippen LogP contribution < -0.4 is 10.1 Å². The van der Waals surface area contributed by atoms with Crippen LogP contribution in [0, 0.1) is 6.92 Å². The highest BCUT2D eigenvalue weighted by Gasteiger charge is 2.27. The normalized spacial score (nSPS) is 26.0. The summed E-state index contributed by atoms with van der Waals surface area (Å²) in [6, 6.07) is 7.09. The molecule has 114 valence electrons. The summed E-state index contributed by atoms with van der Waals surface area (Å²) in [6.07, 6.45) is 3.73. The lowest BCUT2D eigenvalue weighted by Crippen LogP contribution is -2.47. The highest BCUT2D eigenvalue weighted by molar-refractivity contribution is 5.76. The van der Waals surface area contributed by atoms with Gasteiger partial charge in [-0.3, -0.25) is 4.79 Å². The topological polar surface area (TPSA) is 41.6 Å². The van der Waals surface area contributed by atoms with Crippen LogP contribution in [-0.4, -0.2) is 37.0 Å². The molecule has 1 aromatic rings. The molecule has 3 rings (SSSR count). The van der Waals surface area contributed by atoms with Crippen molar-refractivity contribution in [1.82, 2.24) is 10.2 Å². The number of hydrogen-bond donors (Lipinski definition) is 1. The molecule has 2 aliphatic heterocycles. The second-order valence-corrected chi connectivity index (χ2v) is 6.21. The van der Waals surface area contributed by atoms with Crippen molar-refractivity contribution in [2.45, 2.75) is 44.7 Å². The predicted octanol–water partition coefficient (Wildman–Crippen LogP) is 2.42. The van der Waals surface area contributed by atoms with Crippen LogP contribution in [0.25, 0.3) is 0 Å². The molecular formula is C17H24N2O2. The van der Waals surface area contributed by atoms with Crippen LogP contribution in [0.3, 0.4) is 0 Å². The maximum Gasteiger partial charge on any atom is 0.222 e. The first-order valence-corrected chi connectivity index (χ1v) is 7.87. The number of rotatable bonds is 2. The Kier molecular flexibility index (Phi) is 4.15. The zero-order valence-corrected chi connectivity index (χ0v) is 12.9. The number of hydrogen-bond acceptors (Lipinski definition) is 3. The molecule has 0 aliphatic carbocycles. The van der Waals surface area contributed by atoms with E-state index >= 15 is 0 Å². The van der Waals surface area contributed by atoms with Gasteiger partial charge in [0.05, 0.1) is 6.61 Å². The van der Waals surface area contributed by atoms with E-state index in [1.165, 1.54) is 11.1 Å². The Balaban J connectivity index is 1.77. The molecule has 2 heterocycles. The molecule has 0 spiro atoms. The van der Waals surface area contributed by atoms with E-state index < -0.39 is 0 Å². The van der Waals surface area contributed by atoms with Crippen LogP contribution in [0.2, 0.25) is 0 Å². The number of piperidine rings is 1. The first-order valence-electron chi connectivity index (χ1n) is 7.87. The van der Waals surface area contributed by atoms with Crippen molar-refractivity contribution in [3.05, 3.63) is 29.3 Å². The number of likely N-dealkylation sites (tertiary alicyclic amines) is 1. The van der Waals surface area contributed by atoms with E-state index in [9.17, 15) is 4.79 Å². The molecule has 0 saturated carbocycles. The Hall–Kier alpha value is -1.55. The number of benzene rings is 1. The number of nitrogens with zero attached hydrogens (tertiary/aromatic N) is 1. The van der Waals surface area contributed by atoms with Gasteiger partial charge in [-0.2, -0.15) is 0 Å². The maximum absolute atomic E-state index is 11.6. The molecular weight excluding hydrogens is 264 g/mol. The van der Waals surface area contributed by atoms with E-state index in [1.54, 1.807) is 0 Å². The Morgan fingerprint density at radius 1 is 1.33 bits per heavy atom. The third kappa shape index (κ3) is 3.05. The van der Waals surface area contributed by atoms with Gasteiger partial charge in [-0.1, -0.05) is 18.2 Å². The fraction of sp³-hybridized carbons (Fsp3) is 0.588. The number of para-hydroxylation sites is 1. The zero-order chi connectivity index (χ0) is 14.8. The van der Waals surface area contributed by atoms with Gasteiger partial charge in [0.1, 0.15) is 5.75 Å². The van der Waals surface area contributed by atoms with Crippen LogP contribution in [0.4, 0.5) is 0 Å². The van der Waals surface area contributed by atoms with E-state index in [0.717, 1.165) is 38.2 Å². The minimum absolute atomic E-state index is 0.258. The molecule has 0 aromatic heterocycles. The van der Waals surface area contributed by atoms with Crippen molar-refractivity contribution in [2.24, 2.45) is 0 Å². The summed E-state index contributed by atoms with van der Waals surface area (Å²) in [5.74, 6) is 1.31. The van der Waals surface area contributed by atoms with Gasteiger partial charge >= 0.3 is 0 Å². The smallest absolute Gasteiger partial charge is 0.222 e. The lowest BCUT2D eigenvalue weighted by atomic mass is 9.97. The average molecular weight is 288 g/mol. The van der Waals surface area contributed by atoms with Gasteiger partial charge < -0.3 is 15.0 Å². The summed E-state index contributed by atoms with van der Waals surface area (Å²) in [4.78, 5) is 13.4. The maximum atomic E-state index is 11.6. The van der Waals surface area contributed by atoms with Gasteiger partial charge in [0.2, 0.25) is 5.91 Å². The predicted molar refractivity (Wildman–Crippen MR) is 82.4 cm³/mol. The third-order valence-electron chi connectivity index (χ3n) is 4.56.